The summed E-state index contributed by atoms with van der Waals surface area (Å²) in [5.74, 6) is 0. The monoisotopic (exact) mass is 452 g/mol. The second-order valence-corrected chi connectivity index (χ2v) is 8.51. The van der Waals surface area contributed by atoms with E-state index in [1.54, 1.807) is 7.05 Å². The van der Waals surface area contributed by atoms with Gasteiger partial charge in [-0.05, 0) is 13.5 Å². The van der Waals surface area contributed by atoms with E-state index in [1.165, 1.54) is 0 Å². The molecule has 13 nitrogen and oxygen atoms in total. The van der Waals surface area contributed by atoms with E-state index in [0.29, 0.717) is 6.42 Å². The van der Waals surface area contributed by atoms with Crippen molar-refractivity contribution < 1.29 is 44.5 Å². The number of aliphatic hydroxyl groups is 5. The minimum absolute atomic E-state index is 0.0117. The second kappa shape index (κ2) is 10.6. The number of rotatable bonds is 6. The maximum atomic E-state index is 10.5. The molecule has 1 saturated carbocycles. The summed E-state index contributed by atoms with van der Waals surface area (Å²) in [5, 5.41) is 52.7. The first-order valence-corrected chi connectivity index (χ1v) is 10.5. The van der Waals surface area contributed by atoms with Gasteiger partial charge in [0.25, 0.3) is 0 Å². The lowest BCUT2D eigenvalue weighted by molar-refractivity contribution is -0.293. The Labute approximate surface area is 180 Å². The number of ether oxygens (including phenoxy) is 4. The molecule has 1 aliphatic carbocycles. The van der Waals surface area contributed by atoms with Gasteiger partial charge in [-0.15, -0.1) is 0 Å². The van der Waals surface area contributed by atoms with Gasteiger partial charge in [-0.1, -0.05) is 0 Å². The molecule has 3 aliphatic rings. The maximum absolute atomic E-state index is 10.5. The summed E-state index contributed by atoms with van der Waals surface area (Å²) in [4.78, 5) is 0. The molecule has 12 N–H and O–H groups in total. The van der Waals surface area contributed by atoms with E-state index >= 15 is 0 Å². The number of likely N-dealkylation sites (N-methyl/N-ethyl adjacent to an activating group) is 1. The Morgan fingerprint density at radius 3 is 2.10 bits per heavy atom. The van der Waals surface area contributed by atoms with Crippen LogP contribution in [0.25, 0.3) is 0 Å². The highest BCUT2D eigenvalue weighted by Crippen LogP contribution is 2.29. The van der Waals surface area contributed by atoms with E-state index in [4.69, 9.17) is 36.1 Å². The van der Waals surface area contributed by atoms with Crippen LogP contribution < -0.4 is 22.5 Å². The molecule has 0 aromatic rings. The molecular weight excluding hydrogens is 416 g/mol. The summed E-state index contributed by atoms with van der Waals surface area (Å²) in [6.45, 7) is -0.532. The summed E-state index contributed by atoms with van der Waals surface area (Å²) < 4.78 is 22.8. The first-order chi connectivity index (χ1) is 14.7. The number of hydrogen-bond donors (Lipinski definition) is 9. The summed E-state index contributed by atoms with van der Waals surface area (Å²) >= 11 is 0. The molecular formula is C18H36N4O9. The van der Waals surface area contributed by atoms with Gasteiger partial charge in [0, 0.05) is 18.5 Å². The zero-order valence-corrected chi connectivity index (χ0v) is 17.4. The second-order valence-electron chi connectivity index (χ2n) is 8.51. The zero-order chi connectivity index (χ0) is 22.9. The largest absolute Gasteiger partial charge is 0.394 e. The van der Waals surface area contributed by atoms with E-state index in [2.05, 4.69) is 5.32 Å². The van der Waals surface area contributed by atoms with Gasteiger partial charge >= 0.3 is 0 Å². The molecule has 0 radical (unpaired) electrons. The van der Waals surface area contributed by atoms with Gasteiger partial charge < -0.3 is 67.0 Å². The molecule has 31 heavy (non-hydrogen) atoms. The minimum atomic E-state index is -1.35. The van der Waals surface area contributed by atoms with Gasteiger partial charge in [0.1, 0.15) is 24.4 Å². The Balaban J connectivity index is 1.64. The predicted molar refractivity (Wildman–Crippen MR) is 105 cm³/mol. The molecule has 3 fully saturated rings. The lowest BCUT2D eigenvalue weighted by Gasteiger charge is -2.46. The number of hydrogen-bond acceptors (Lipinski definition) is 13. The molecule has 13 heteroatoms. The fraction of sp³-hybridized carbons (Fsp3) is 1.00. The van der Waals surface area contributed by atoms with Crippen molar-refractivity contribution in [1.82, 2.24) is 5.32 Å². The third kappa shape index (κ3) is 5.35. The molecule has 0 spiro atoms. The van der Waals surface area contributed by atoms with Crippen molar-refractivity contribution >= 4 is 0 Å². The molecule has 3 rings (SSSR count). The van der Waals surface area contributed by atoms with Gasteiger partial charge in [-0.2, -0.15) is 0 Å². The first kappa shape index (κ1) is 25.1. The van der Waals surface area contributed by atoms with Crippen molar-refractivity contribution in [3.05, 3.63) is 0 Å². The maximum Gasteiger partial charge on any atom is 0.185 e. The summed E-state index contributed by atoms with van der Waals surface area (Å²) in [5.41, 5.74) is 18.4. The van der Waals surface area contributed by atoms with Gasteiger partial charge in [-0.3, -0.25) is 0 Å². The summed E-state index contributed by atoms with van der Waals surface area (Å²) in [6, 6.07) is -2.61. The zero-order valence-electron chi connectivity index (χ0n) is 17.4. The van der Waals surface area contributed by atoms with Crippen LogP contribution >= 0.6 is 0 Å². The quantitative estimate of drug-likeness (QED) is 0.183. The minimum Gasteiger partial charge on any atom is -0.394 e. The van der Waals surface area contributed by atoms with E-state index in [-0.39, 0.29) is 13.0 Å². The van der Waals surface area contributed by atoms with Crippen molar-refractivity contribution in [3.8, 4) is 0 Å². The van der Waals surface area contributed by atoms with E-state index in [9.17, 15) is 25.5 Å². The Morgan fingerprint density at radius 2 is 1.52 bits per heavy atom. The predicted octanol–water partition coefficient (Wildman–Crippen LogP) is -5.36. The van der Waals surface area contributed by atoms with Crippen molar-refractivity contribution in [1.29, 1.82) is 0 Å². The fourth-order valence-electron chi connectivity index (χ4n) is 4.36. The first-order valence-electron chi connectivity index (χ1n) is 10.5. The summed E-state index contributed by atoms with van der Waals surface area (Å²) in [7, 11) is 1.62. The van der Waals surface area contributed by atoms with Crippen LogP contribution in [0.2, 0.25) is 0 Å². The van der Waals surface area contributed by atoms with Crippen LogP contribution in [0, 0.1) is 0 Å². The average molecular weight is 453 g/mol. The topological polar surface area (TPSA) is 228 Å². The molecule has 2 heterocycles. The van der Waals surface area contributed by atoms with E-state index in [0.717, 1.165) is 0 Å². The van der Waals surface area contributed by atoms with Crippen molar-refractivity contribution in [2.24, 2.45) is 17.2 Å². The number of nitrogens with one attached hydrogen (secondary N) is 1. The molecule has 13 atom stereocenters. The molecule has 2 aliphatic heterocycles. The number of nitrogens with two attached hydrogens (primary N) is 3. The highest BCUT2D eigenvalue weighted by molar-refractivity contribution is 4.96. The third-order valence-corrected chi connectivity index (χ3v) is 6.34. The van der Waals surface area contributed by atoms with Gasteiger partial charge in [0.2, 0.25) is 0 Å². The Kier molecular flexibility index (Phi) is 8.59. The van der Waals surface area contributed by atoms with Gasteiger partial charge in [-0.25, -0.2) is 0 Å². The van der Waals surface area contributed by atoms with Crippen molar-refractivity contribution in [2.45, 2.75) is 92.3 Å². The summed E-state index contributed by atoms with van der Waals surface area (Å²) in [6.07, 6.45) is -8.48. The van der Waals surface area contributed by atoms with Gasteiger partial charge in [0.15, 0.2) is 12.6 Å². The highest BCUT2D eigenvalue weighted by Gasteiger charge is 2.47. The fourth-order valence-corrected chi connectivity index (χ4v) is 4.36. The molecule has 182 valence electrons. The lowest BCUT2D eigenvalue weighted by atomic mass is 9.86. The molecule has 0 bridgehead atoms. The Morgan fingerprint density at radius 1 is 0.903 bits per heavy atom. The SMILES string of the molecule is CN[C@H]1[C@H](O)[C@H](O[C@@H]2C[C@H](O[C@H]3O[C@@H](CO)[C@@H](O)[C@H](O)[C@@H]3N)[C@H](N)C[C@H]2N)OC[C@@H]1O. The standard InChI is InChI=1S/C18H36N4O9/c1-22-13-8(24)5-28-18(16(13)27)30-10-3-9(6(19)2-7(10)20)29-17-12(21)15(26)14(25)11(4-23)31-17/h6-18,22-27H,2-5,19-21H2,1H3/t6-,7-,8+,9+,10-,11+,12+,13-,14-,15-,16+,17+,18+/m1/s1. The highest BCUT2D eigenvalue weighted by atomic mass is 16.7. The van der Waals surface area contributed by atoms with E-state index in [1.807, 2.05) is 0 Å². The normalized spacial score (nSPS) is 51.6. The van der Waals surface area contributed by atoms with E-state index < -0.39 is 86.1 Å². The molecule has 0 aromatic heterocycles. The van der Waals surface area contributed by atoms with Crippen LogP contribution in [0.4, 0.5) is 0 Å². The lowest BCUT2D eigenvalue weighted by Crippen LogP contribution is -2.65. The van der Waals surface area contributed by atoms with Crippen molar-refractivity contribution in [2.75, 3.05) is 20.3 Å². The molecule has 2 saturated heterocycles. The molecule has 0 unspecified atom stereocenters. The Hall–Kier alpha value is -0.520. The number of aliphatic hydroxyl groups excluding tert-OH is 5. The third-order valence-electron chi connectivity index (χ3n) is 6.34. The van der Waals surface area contributed by atoms with Crippen LogP contribution in [0.5, 0.6) is 0 Å². The molecule has 0 amide bonds. The average Bonchev–Trinajstić information content (AvgIpc) is 2.73. The molecule has 0 aromatic carbocycles. The Bertz CT molecular complexity index is 576. The smallest absolute Gasteiger partial charge is 0.185 e. The van der Waals surface area contributed by atoms with Crippen molar-refractivity contribution in [3.63, 3.8) is 0 Å². The van der Waals surface area contributed by atoms with Crippen LogP contribution in [-0.2, 0) is 18.9 Å². The van der Waals surface area contributed by atoms with Gasteiger partial charge in [0.05, 0.1) is 43.6 Å². The van der Waals surface area contributed by atoms with Crippen LogP contribution in [-0.4, -0.2) is 125 Å². The van der Waals surface area contributed by atoms with Crippen LogP contribution in [0.1, 0.15) is 12.8 Å². The van der Waals surface area contributed by atoms with Crippen LogP contribution in [0.15, 0.2) is 0 Å². The van der Waals surface area contributed by atoms with Crippen LogP contribution in [0.3, 0.4) is 0 Å².